The Kier molecular flexibility index (Phi) is 8.80. The van der Waals surface area contributed by atoms with E-state index in [2.05, 4.69) is 5.32 Å². The van der Waals surface area contributed by atoms with Crippen molar-refractivity contribution in [3.63, 3.8) is 0 Å². The van der Waals surface area contributed by atoms with Crippen LogP contribution in [0.5, 0.6) is 0 Å². The maximum absolute atomic E-state index is 13.2. The van der Waals surface area contributed by atoms with Crippen LogP contribution >= 0.6 is 11.8 Å². The van der Waals surface area contributed by atoms with Gasteiger partial charge in [0.15, 0.2) is 0 Å². The minimum atomic E-state index is -1.08. The van der Waals surface area contributed by atoms with Gasteiger partial charge in [-0.3, -0.25) is 9.59 Å². The number of alkyl carbamates (subject to hydrolysis) is 1. The first-order chi connectivity index (χ1) is 13.3. The highest BCUT2D eigenvalue weighted by atomic mass is 32.2. The largest absolute Gasteiger partial charge is 0.480 e. The predicted octanol–water partition coefficient (Wildman–Crippen LogP) is 2.03. The van der Waals surface area contributed by atoms with Crippen LogP contribution < -0.4 is 5.32 Å². The van der Waals surface area contributed by atoms with Crippen molar-refractivity contribution < 1.29 is 33.8 Å². The fourth-order valence-corrected chi connectivity index (χ4v) is 3.85. The molecule has 0 aromatic carbocycles. The van der Waals surface area contributed by atoms with Crippen LogP contribution in [0.15, 0.2) is 0 Å². The monoisotopic (exact) mass is 432 g/mol. The highest BCUT2D eigenvalue weighted by Crippen LogP contribution is 2.32. The summed E-state index contributed by atoms with van der Waals surface area (Å²) in [6.45, 7) is 10.8. The van der Waals surface area contributed by atoms with Crippen LogP contribution in [-0.4, -0.2) is 75.3 Å². The summed E-state index contributed by atoms with van der Waals surface area (Å²) in [5.41, 5.74) is -0.634. The average molecular weight is 433 g/mol. The zero-order chi connectivity index (χ0) is 22.4. The number of aliphatic carboxylic acids is 1. The highest BCUT2D eigenvalue weighted by Gasteiger charge is 2.44. The van der Waals surface area contributed by atoms with E-state index < -0.39 is 46.4 Å². The zero-order valence-corrected chi connectivity index (χ0v) is 18.8. The number of thioether (sulfide) groups is 1. The third-order valence-electron chi connectivity index (χ3n) is 4.28. The van der Waals surface area contributed by atoms with Crippen molar-refractivity contribution >= 4 is 35.7 Å². The molecule has 1 unspecified atom stereocenters. The van der Waals surface area contributed by atoms with Crippen LogP contribution in [0.25, 0.3) is 0 Å². The van der Waals surface area contributed by atoms with E-state index in [4.69, 9.17) is 9.47 Å². The van der Waals surface area contributed by atoms with Gasteiger partial charge in [-0.1, -0.05) is 0 Å². The van der Waals surface area contributed by atoms with E-state index >= 15 is 0 Å². The zero-order valence-electron chi connectivity index (χ0n) is 17.9. The number of hydrogen-bond acceptors (Lipinski definition) is 7. The SMILES string of the molecule is CCOC(=O)NC(C(=O)N1CCC[C@H]1C(=O)O)C(C)(C)SCC(=O)OC(C)(C)C. The third kappa shape index (κ3) is 7.75. The van der Waals surface area contributed by atoms with Crippen molar-refractivity contribution in [3.8, 4) is 0 Å². The van der Waals surface area contributed by atoms with Gasteiger partial charge in [0, 0.05) is 11.3 Å². The number of likely N-dealkylation sites (tertiary alicyclic amines) is 1. The quantitative estimate of drug-likeness (QED) is 0.559. The molecule has 0 bridgehead atoms. The lowest BCUT2D eigenvalue weighted by Gasteiger charge is -2.36. The molecule has 2 N–H and O–H groups in total. The number of carboxylic acids is 1. The van der Waals surface area contributed by atoms with Crippen LogP contribution in [0.3, 0.4) is 0 Å². The Morgan fingerprint density at radius 3 is 2.34 bits per heavy atom. The summed E-state index contributed by atoms with van der Waals surface area (Å²) in [6, 6.07) is -2.01. The van der Waals surface area contributed by atoms with Gasteiger partial charge in [-0.05, 0) is 54.4 Å². The predicted molar refractivity (Wildman–Crippen MR) is 109 cm³/mol. The molecule has 0 spiro atoms. The third-order valence-corrected chi connectivity index (χ3v) is 5.64. The second kappa shape index (κ2) is 10.2. The molecule has 10 heteroatoms. The van der Waals surface area contributed by atoms with E-state index in [0.717, 1.165) is 11.8 Å². The highest BCUT2D eigenvalue weighted by molar-refractivity contribution is 8.01. The lowest BCUT2D eigenvalue weighted by atomic mass is 10.0. The summed E-state index contributed by atoms with van der Waals surface area (Å²) in [4.78, 5) is 50.1. The number of nitrogens with one attached hydrogen (secondary N) is 1. The number of carbonyl (C=O) groups excluding carboxylic acids is 3. The van der Waals surface area contributed by atoms with Crippen molar-refractivity contribution in [1.82, 2.24) is 10.2 Å². The molecular formula is C19H32N2O7S. The van der Waals surface area contributed by atoms with Crippen molar-refractivity contribution in [2.75, 3.05) is 18.9 Å². The van der Waals surface area contributed by atoms with E-state index in [-0.39, 0.29) is 12.4 Å². The number of rotatable bonds is 8. The molecule has 1 aliphatic heterocycles. The number of hydrogen-bond donors (Lipinski definition) is 2. The summed E-state index contributed by atoms with van der Waals surface area (Å²) in [5.74, 6) is -2.06. The molecule has 9 nitrogen and oxygen atoms in total. The van der Waals surface area contributed by atoms with Crippen LogP contribution in [0.4, 0.5) is 4.79 Å². The molecular weight excluding hydrogens is 400 g/mol. The molecule has 0 radical (unpaired) electrons. The lowest BCUT2D eigenvalue weighted by molar-refractivity contribution is -0.151. The van der Waals surface area contributed by atoms with Crippen molar-refractivity contribution in [1.29, 1.82) is 0 Å². The summed E-state index contributed by atoms with van der Waals surface area (Å²) in [7, 11) is 0. The molecule has 29 heavy (non-hydrogen) atoms. The molecule has 0 aromatic heterocycles. The Morgan fingerprint density at radius 1 is 1.21 bits per heavy atom. The summed E-state index contributed by atoms with van der Waals surface area (Å²) >= 11 is 1.15. The second-order valence-corrected chi connectivity index (χ2v) is 9.93. The molecule has 1 fully saturated rings. The number of nitrogens with zero attached hydrogens (tertiary/aromatic N) is 1. The van der Waals surface area contributed by atoms with E-state index in [1.165, 1.54) is 4.90 Å². The first-order valence-electron chi connectivity index (χ1n) is 9.61. The Labute approximate surface area is 175 Å². The molecule has 1 aliphatic rings. The van der Waals surface area contributed by atoms with Crippen LogP contribution in [0, 0.1) is 0 Å². The smallest absolute Gasteiger partial charge is 0.407 e. The molecule has 2 atom stereocenters. The number of esters is 1. The van der Waals surface area contributed by atoms with Crippen LogP contribution in [0.1, 0.15) is 54.4 Å². The van der Waals surface area contributed by atoms with Gasteiger partial charge in [0.05, 0.1) is 12.4 Å². The average Bonchev–Trinajstić information content (AvgIpc) is 3.06. The topological polar surface area (TPSA) is 122 Å². The van der Waals surface area contributed by atoms with E-state index in [1.807, 2.05) is 0 Å². The summed E-state index contributed by atoms with van der Waals surface area (Å²) in [6.07, 6.45) is 0.154. The molecule has 1 rings (SSSR count). The fraction of sp³-hybridized carbons (Fsp3) is 0.789. The van der Waals surface area contributed by atoms with Gasteiger partial charge >= 0.3 is 18.0 Å². The van der Waals surface area contributed by atoms with Crippen molar-refractivity contribution in [3.05, 3.63) is 0 Å². The number of carboxylic acid groups (broad SMARTS) is 1. The van der Waals surface area contributed by atoms with Crippen LogP contribution in [-0.2, 0) is 23.9 Å². The molecule has 0 saturated carbocycles. The maximum atomic E-state index is 13.2. The molecule has 0 aliphatic carbocycles. The number of carbonyl (C=O) groups is 4. The minimum absolute atomic E-state index is 0.0269. The van der Waals surface area contributed by atoms with Gasteiger partial charge < -0.3 is 24.8 Å². The van der Waals surface area contributed by atoms with Gasteiger partial charge in [0.2, 0.25) is 5.91 Å². The van der Waals surface area contributed by atoms with Crippen molar-refractivity contribution in [2.24, 2.45) is 0 Å². The maximum Gasteiger partial charge on any atom is 0.407 e. The number of amides is 2. The fourth-order valence-electron chi connectivity index (χ4n) is 2.98. The van der Waals surface area contributed by atoms with Gasteiger partial charge in [-0.25, -0.2) is 9.59 Å². The molecule has 1 saturated heterocycles. The molecule has 166 valence electrons. The standard InChI is InChI=1S/C19H32N2O7S/c1-7-27-17(26)20-14(15(23)21-10-8-9-12(21)16(24)25)19(5,6)29-11-13(22)28-18(2,3)4/h12,14H,7-11H2,1-6H3,(H,20,26)(H,24,25)/t12-,14?/m0/s1. The van der Waals surface area contributed by atoms with E-state index in [1.54, 1.807) is 41.5 Å². The lowest BCUT2D eigenvalue weighted by Crippen LogP contribution is -2.59. The van der Waals surface area contributed by atoms with Gasteiger partial charge in [-0.15, -0.1) is 11.8 Å². The minimum Gasteiger partial charge on any atom is -0.480 e. The Morgan fingerprint density at radius 2 is 1.83 bits per heavy atom. The molecule has 2 amide bonds. The van der Waals surface area contributed by atoms with Gasteiger partial charge in [0.25, 0.3) is 0 Å². The Hall–Kier alpha value is -1.97. The summed E-state index contributed by atoms with van der Waals surface area (Å²) < 4.78 is 9.28. The Bertz CT molecular complexity index is 631. The first-order valence-corrected chi connectivity index (χ1v) is 10.6. The van der Waals surface area contributed by atoms with Gasteiger partial charge in [-0.2, -0.15) is 0 Å². The van der Waals surface area contributed by atoms with Gasteiger partial charge in [0.1, 0.15) is 17.7 Å². The first kappa shape index (κ1) is 25.1. The number of ether oxygens (including phenoxy) is 2. The van der Waals surface area contributed by atoms with Crippen LogP contribution in [0.2, 0.25) is 0 Å². The Balaban J connectivity index is 3.00. The summed E-state index contributed by atoms with van der Waals surface area (Å²) in [5, 5.41) is 11.9. The molecule has 1 heterocycles. The van der Waals surface area contributed by atoms with E-state index in [9.17, 15) is 24.3 Å². The van der Waals surface area contributed by atoms with E-state index in [0.29, 0.717) is 19.4 Å². The normalized spacial score (nSPS) is 18.1. The van der Waals surface area contributed by atoms with Crippen molar-refractivity contribution in [2.45, 2.75) is 76.8 Å². The molecule has 0 aromatic rings. The second-order valence-electron chi connectivity index (χ2n) is 8.30.